The minimum absolute atomic E-state index is 0.161. The van der Waals surface area contributed by atoms with Gasteiger partial charge in [-0.25, -0.2) is 18.7 Å². The fraction of sp³-hybridized carbons (Fsp3) is 0.444. The third-order valence-electron chi connectivity index (χ3n) is 5.95. The van der Waals surface area contributed by atoms with Crippen molar-refractivity contribution in [1.82, 2.24) is 24.4 Å². The molecule has 0 aliphatic rings. The standard InChI is InChI=1S/C27H33F2N5O2S/c1-3-4-11-33(2)25(35)8-6-5-7-12-34-17-22(13-21-15-30-19-31-16-21)26(36)32-27(34)37-18-20-9-10-23(28)24(29)14-20/h9-10,14-17,19H,3-8,11-13,18H2,1-2H3. The Labute approximate surface area is 220 Å². The van der Waals surface area contributed by atoms with Crippen LogP contribution in [0.2, 0.25) is 0 Å². The van der Waals surface area contributed by atoms with Crippen LogP contribution in [0.3, 0.4) is 0 Å². The van der Waals surface area contributed by atoms with Crippen LogP contribution in [0.15, 0.2) is 53.1 Å². The summed E-state index contributed by atoms with van der Waals surface area (Å²) >= 11 is 1.30. The lowest BCUT2D eigenvalue weighted by molar-refractivity contribution is -0.130. The van der Waals surface area contributed by atoms with E-state index in [0.29, 0.717) is 41.4 Å². The Morgan fingerprint density at radius 1 is 1.05 bits per heavy atom. The maximum Gasteiger partial charge on any atom is 0.277 e. The molecule has 0 aliphatic carbocycles. The lowest BCUT2D eigenvalue weighted by Crippen LogP contribution is -2.27. The Hall–Kier alpha value is -3.14. The first-order valence-electron chi connectivity index (χ1n) is 12.5. The third-order valence-corrected chi connectivity index (χ3v) is 7.01. The van der Waals surface area contributed by atoms with E-state index >= 15 is 0 Å². The van der Waals surface area contributed by atoms with E-state index in [4.69, 9.17) is 0 Å². The first kappa shape index (κ1) is 28.4. The predicted molar refractivity (Wildman–Crippen MR) is 140 cm³/mol. The highest BCUT2D eigenvalue weighted by Crippen LogP contribution is 2.23. The van der Waals surface area contributed by atoms with E-state index in [2.05, 4.69) is 21.9 Å². The summed E-state index contributed by atoms with van der Waals surface area (Å²) in [6, 6.07) is 3.77. The second-order valence-electron chi connectivity index (χ2n) is 8.99. The molecule has 2 aromatic heterocycles. The molecule has 0 bridgehead atoms. The molecule has 0 spiro atoms. The second kappa shape index (κ2) is 14.6. The van der Waals surface area contributed by atoms with Gasteiger partial charge in [0.1, 0.15) is 6.33 Å². The predicted octanol–water partition coefficient (Wildman–Crippen LogP) is 5.01. The molecule has 1 aromatic carbocycles. The largest absolute Gasteiger partial charge is 0.346 e. The average Bonchev–Trinajstić information content (AvgIpc) is 2.90. The molecule has 1 amide bonds. The van der Waals surface area contributed by atoms with Gasteiger partial charge in [-0.2, -0.15) is 4.98 Å². The summed E-state index contributed by atoms with van der Waals surface area (Å²) in [6.45, 7) is 3.51. The molecule has 3 rings (SSSR count). The maximum absolute atomic E-state index is 13.6. The van der Waals surface area contributed by atoms with Crippen LogP contribution in [0, 0.1) is 11.6 Å². The topological polar surface area (TPSA) is 81.0 Å². The molecule has 0 radical (unpaired) electrons. The van der Waals surface area contributed by atoms with E-state index in [1.54, 1.807) is 23.5 Å². The summed E-state index contributed by atoms with van der Waals surface area (Å²) in [5.74, 6) is -1.30. The van der Waals surface area contributed by atoms with E-state index in [1.165, 1.54) is 24.2 Å². The van der Waals surface area contributed by atoms with E-state index in [9.17, 15) is 18.4 Å². The van der Waals surface area contributed by atoms with E-state index in [1.807, 2.05) is 11.6 Å². The zero-order chi connectivity index (χ0) is 26.6. The van der Waals surface area contributed by atoms with Crippen molar-refractivity contribution < 1.29 is 13.6 Å². The molecule has 0 saturated carbocycles. The number of aryl methyl sites for hydroxylation is 1. The minimum Gasteiger partial charge on any atom is -0.346 e. The second-order valence-corrected chi connectivity index (χ2v) is 9.93. The zero-order valence-corrected chi connectivity index (χ0v) is 22.1. The van der Waals surface area contributed by atoms with Crippen LogP contribution in [-0.2, 0) is 23.5 Å². The summed E-state index contributed by atoms with van der Waals surface area (Å²) < 4.78 is 28.8. The number of aromatic nitrogens is 4. The van der Waals surface area contributed by atoms with Crippen molar-refractivity contribution in [3.8, 4) is 0 Å². The van der Waals surface area contributed by atoms with Gasteiger partial charge in [-0.1, -0.05) is 37.6 Å². The van der Waals surface area contributed by atoms with Crippen LogP contribution in [-0.4, -0.2) is 43.9 Å². The number of hydrogen-bond donors (Lipinski definition) is 0. The van der Waals surface area contributed by atoms with Crippen LogP contribution in [0.4, 0.5) is 8.78 Å². The summed E-state index contributed by atoms with van der Waals surface area (Å²) in [5, 5.41) is 0.512. The fourth-order valence-electron chi connectivity index (χ4n) is 3.78. The average molecular weight is 530 g/mol. The number of amides is 1. The number of hydrogen-bond acceptors (Lipinski definition) is 6. The monoisotopic (exact) mass is 529 g/mol. The molecule has 198 valence electrons. The van der Waals surface area contributed by atoms with Crippen LogP contribution in [0.5, 0.6) is 0 Å². The van der Waals surface area contributed by atoms with Gasteiger partial charge in [0.15, 0.2) is 16.8 Å². The van der Waals surface area contributed by atoms with Gasteiger partial charge in [-0.05, 0) is 42.5 Å². The number of rotatable bonds is 14. The lowest BCUT2D eigenvalue weighted by Gasteiger charge is -2.17. The highest BCUT2D eigenvalue weighted by atomic mass is 32.2. The van der Waals surface area contributed by atoms with Gasteiger partial charge in [0.25, 0.3) is 5.56 Å². The van der Waals surface area contributed by atoms with Gasteiger partial charge in [0.05, 0.1) is 0 Å². The van der Waals surface area contributed by atoms with Crippen molar-refractivity contribution in [2.75, 3.05) is 13.6 Å². The fourth-order valence-corrected chi connectivity index (χ4v) is 4.72. The highest BCUT2D eigenvalue weighted by molar-refractivity contribution is 7.98. The lowest BCUT2D eigenvalue weighted by atomic mass is 10.1. The van der Waals surface area contributed by atoms with Crippen molar-refractivity contribution in [1.29, 1.82) is 0 Å². The number of thioether (sulfide) groups is 1. The van der Waals surface area contributed by atoms with Gasteiger partial charge >= 0.3 is 0 Å². The van der Waals surface area contributed by atoms with Crippen molar-refractivity contribution in [2.45, 2.75) is 69.3 Å². The molecule has 0 fully saturated rings. The van der Waals surface area contributed by atoms with Gasteiger partial charge in [0.2, 0.25) is 5.91 Å². The third kappa shape index (κ3) is 9.03. The molecule has 0 unspecified atom stereocenters. The number of nitrogens with zero attached hydrogens (tertiary/aromatic N) is 5. The van der Waals surface area contributed by atoms with Crippen molar-refractivity contribution in [3.63, 3.8) is 0 Å². The Morgan fingerprint density at radius 2 is 1.84 bits per heavy atom. The number of carbonyl (C=O) groups is 1. The van der Waals surface area contributed by atoms with Crippen LogP contribution < -0.4 is 5.56 Å². The first-order chi connectivity index (χ1) is 17.9. The normalized spacial score (nSPS) is 11.0. The summed E-state index contributed by atoms with van der Waals surface area (Å²) in [6.07, 6.45) is 12.0. The Bertz CT molecular complexity index is 1220. The number of unbranched alkanes of at least 4 members (excludes halogenated alkanes) is 3. The van der Waals surface area contributed by atoms with Gasteiger partial charge in [0, 0.05) is 62.9 Å². The van der Waals surface area contributed by atoms with Gasteiger partial charge < -0.3 is 9.47 Å². The number of carbonyl (C=O) groups excluding carboxylic acids is 1. The zero-order valence-electron chi connectivity index (χ0n) is 21.3. The Balaban J connectivity index is 1.67. The van der Waals surface area contributed by atoms with E-state index < -0.39 is 11.6 Å². The Kier molecular flexibility index (Phi) is 11.2. The molecular weight excluding hydrogens is 496 g/mol. The van der Waals surface area contributed by atoms with Crippen molar-refractivity contribution in [2.24, 2.45) is 0 Å². The van der Waals surface area contributed by atoms with Crippen LogP contribution in [0.25, 0.3) is 0 Å². The maximum atomic E-state index is 13.6. The summed E-state index contributed by atoms with van der Waals surface area (Å²) in [7, 11) is 1.85. The molecular formula is C27H33F2N5O2S. The highest BCUT2D eigenvalue weighted by Gasteiger charge is 2.12. The SMILES string of the molecule is CCCCN(C)C(=O)CCCCCn1cc(Cc2cncnc2)c(=O)nc1SCc1ccc(F)c(F)c1. The minimum atomic E-state index is -0.904. The summed E-state index contributed by atoms with van der Waals surface area (Å²) in [5.41, 5.74) is 1.59. The quantitative estimate of drug-likeness (QED) is 0.166. The number of benzene rings is 1. The molecule has 37 heavy (non-hydrogen) atoms. The van der Waals surface area contributed by atoms with Crippen LogP contribution >= 0.6 is 11.8 Å². The van der Waals surface area contributed by atoms with Gasteiger partial charge in [-0.3, -0.25) is 9.59 Å². The number of halogens is 2. The first-order valence-corrected chi connectivity index (χ1v) is 13.5. The van der Waals surface area contributed by atoms with E-state index in [0.717, 1.165) is 56.3 Å². The molecule has 0 saturated heterocycles. The van der Waals surface area contributed by atoms with Gasteiger partial charge in [-0.15, -0.1) is 0 Å². The molecule has 0 atom stereocenters. The van der Waals surface area contributed by atoms with Crippen LogP contribution in [0.1, 0.15) is 62.1 Å². The molecule has 10 heteroatoms. The van der Waals surface area contributed by atoms with Crippen molar-refractivity contribution >= 4 is 17.7 Å². The van der Waals surface area contributed by atoms with E-state index in [-0.39, 0.29) is 11.5 Å². The molecule has 2 heterocycles. The molecule has 7 nitrogen and oxygen atoms in total. The van der Waals surface area contributed by atoms with Crippen molar-refractivity contribution in [3.05, 3.63) is 81.8 Å². The smallest absolute Gasteiger partial charge is 0.277 e. The summed E-state index contributed by atoms with van der Waals surface area (Å²) in [4.78, 5) is 39.1. The molecule has 0 N–H and O–H groups in total. The molecule has 3 aromatic rings. The Morgan fingerprint density at radius 3 is 2.57 bits per heavy atom. The molecule has 0 aliphatic heterocycles.